The zero-order valence-electron chi connectivity index (χ0n) is 10.2. The minimum atomic E-state index is -0.122. The quantitative estimate of drug-likeness (QED) is 0.830. The molecule has 2 aromatic rings. The molecule has 92 valence electrons. The van der Waals surface area contributed by atoms with Crippen LogP contribution < -0.4 is 4.31 Å². The first-order valence-corrected chi connectivity index (χ1v) is 6.29. The summed E-state index contributed by atoms with van der Waals surface area (Å²) in [5.41, 5.74) is 2.66. The van der Waals surface area contributed by atoms with Crippen LogP contribution >= 0.6 is 12.8 Å². The van der Waals surface area contributed by atoms with Gasteiger partial charge in [-0.3, -0.25) is 9.10 Å². The van der Waals surface area contributed by atoms with E-state index in [1.807, 2.05) is 42.5 Å². The fourth-order valence-electron chi connectivity index (χ4n) is 1.69. The number of hydrogen-bond donors (Lipinski definition) is 1. The second kappa shape index (κ2) is 5.74. The molecule has 0 N–H and O–H groups in total. The SMILES string of the molecule is CCc1ccc(N(S)C(=O)c2ccccc2)cc1. The third-order valence-electron chi connectivity index (χ3n) is 2.80. The van der Waals surface area contributed by atoms with Crippen molar-refractivity contribution in [2.45, 2.75) is 13.3 Å². The smallest absolute Gasteiger partial charge is 0.268 e. The van der Waals surface area contributed by atoms with E-state index in [4.69, 9.17) is 0 Å². The fourth-order valence-corrected chi connectivity index (χ4v) is 1.94. The summed E-state index contributed by atoms with van der Waals surface area (Å²) in [6.07, 6.45) is 0.986. The van der Waals surface area contributed by atoms with Crippen molar-refractivity contribution < 1.29 is 4.79 Å². The third-order valence-corrected chi connectivity index (χ3v) is 3.21. The van der Waals surface area contributed by atoms with Gasteiger partial charge in [-0.1, -0.05) is 50.1 Å². The summed E-state index contributed by atoms with van der Waals surface area (Å²) in [5, 5.41) is 0. The Morgan fingerprint density at radius 1 is 1.06 bits per heavy atom. The summed E-state index contributed by atoms with van der Waals surface area (Å²) in [6.45, 7) is 2.10. The lowest BCUT2D eigenvalue weighted by Crippen LogP contribution is -2.20. The molecule has 1 amide bonds. The van der Waals surface area contributed by atoms with Crippen LogP contribution in [0.15, 0.2) is 54.6 Å². The Balaban J connectivity index is 2.20. The van der Waals surface area contributed by atoms with Crippen molar-refractivity contribution in [1.29, 1.82) is 0 Å². The lowest BCUT2D eigenvalue weighted by molar-refractivity contribution is 0.101. The van der Waals surface area contributed by atoms with Crippen molar-refractivity contribution in [3.05, 3.63) is 65.7 Å². The normalized spacial score (nSPS) is 10.1. The van der Waals surface area contributed by atoms with E-state index >= 15 is 0 Å². The van der Waals surface area contributed by atoms with Crippen LogP contribution in [0, 0.1) is 0 Å². The molecule has 0 heterocycles. The van der Waals surface area contributed by atoms with Crippen molar-refractivity contribution in [2.24, 2.45) is 0 Å². The molecular formula is C15H15NOS. The van der Waals surface area contributed by atoms with Gasteiger partial charge in [0.05, 0.1) is 5.69 Å². The van der Waals surface area contributed by atoms with Gasteiger partial charge >= 0.3 is 0 Å². The maximum atomic E-state index is 12.1. The Kier molecular flexibility index (Phi) is 4.05. The topological polar surface area (TPSA) is 20.3 Å². The van der Waals surface area contributed by atoms with Gasteiger partial charge in [-0.05, 0) is 36.2 Å². The van der Waals surface area contributed by atoms with Crippen molar-refractivity contribution in [1.82, 2.24) is 0 Å². The lowest BCUT2D eigenvalue weighted by Gasteiger charge is -2.16. The molecule has 2 rings (SSSR count). The minimum Gasteiger partial charge on any atom is -0.268 e. The number of aryl methyl sites for hydroxylation is 1. The van der Waals surface area contributed by atoms with Crippen LogP contribution in [0.25, 0.3) is 0 Å². The molecule has 0 fully saturated rings. The summed E-state index contributed by atoms with van der Waals surface area (Å²) in [7, 11) is 0. The number of anilines is 1. The molecule has 0 saturated carbocycles. The molecule has 3 heteroatoms. The highest BCUT2D eigenvalue weighted by atomic mass is 32.1. The van der Waals surface area contributed by atoms with Crippen LogP contribution in [0.1, 0.15) is 22.8 Å². The summed E-state index contributed by atoms with van der Waals surface area (Å²) in [5.74, 6) is -0.122. The largest absolute Gasteiger partial charge is 0.268 e. The second-order valence-electron chi connectivity index (χ2n) is 4.00. The number of nitrogens with zero attached hydrogens (tertiary/aromatic N) is 1. The minimum absolute atomic E-state index is 0.122. The van der Waals surface area contributed by atoms with E-state index in [1.54, 1.807) is 12.1 Å². The average Bonchev–Trinajstić information content (AvgIpc) is 2.47. The highest BCUT2D eigenvalue weighted by molar-refractivity contribution is 7.82. The molecule has 0 aliphatic heterocycles. The van der Waals surface area contributed by atoms with E-state index in [1.165, 1.54) is 9.87 Å². The van der Waals surface area contributed by atoms with Gasteiger partial charge in [0.2, 0.25) is 0 Å². The maximum Gasteiger partial charge on any atom is 0.268 e. The molecule has 0 spiro atoms. The van der Waals surface area contributed by atoms with Gasteiger partial charge in [0, 0.05) is 5.56 Å². The van der Waals surface area contributed by atoms with Crippen LogP contribution in [0.2, 0.25) is 0 Å². The van der Waals surface area contributed by atoms with Gasteiger partial charge in [-0.2, -0.15) is 0 Å². The fraction of sp³-hybridized carbons (Fsp3) is 0.133. The van der Waals surface area contributed by atoms with Crippen LogP contribution in [0.4, 0.5) is 5.69 Å². The van der Waals surface area contributed by atoms with Gasteiger partial charge in [0.1, 0.15) is 0 Å². The molecule has 0 aromatic heterocycles. The van der Waals surface area contributed by atoms with E-state index in [2.05, 4.69) is 19.7 Å². The highest BCUT2D eigenvalue weighted by Crippen LogP contribution is 2.20. The molecule has 18 heavy (non-hydrogen) atoms. The molecule has 0 radical (unpaired) electrons. The van der Waals surface area contributed by atoms with Gasteiger partial charge in [-0.15, -0.1) is 0 Å². The standard InChI is InChI=1S/C15H15NOS/c1-2-12-8-10-14(11-9-12)16(18)15(17)13-6-4-3-5-7-13/h3-11,18H,2H2,1H3. The van der Waals surface area contributed by atoms with Gasteiger partial charge in [-0.25, -0.2) is 0 Å². The zero-order chi connectivity index (χ0) is 13.0. The Labute approximate surface area is 113 Å². The highest BCUT2D eigenvalue weighted by Gasteiger charge is 2.13. The lowest BCUT2D eigenvalue weighted by atomic mass is 10.1. The van der Waals surface area contributed by atoms with Gasteiger partial charge in [0.25, 0.3) is 5.91 Å². The van der Waals surface area contributed by atoms with Crippen molar-refractivity contribution >= 4 is 24.4 Å². The molecular weight excluding hydrogens is 242 g/mol. The summed E-state index contributed by atoms with van der Waals surface area (Å²) in [6, 6.07) is 17.0. The van der Waals surface area contributed by atoms with Crippen LogP contribution in [0.3, 0.4) is 0 Å². The Morgan fingerprint density at radius 3 is 2.22 bits per heavy atom. The van der Waals surface area contributed by atoms with Crippen molar-refractivity contribution in [3.63, 3.8) is 0 Å². The Morgan fingerprint density at radius 2 is 1.67 bits per heavy atom. The number of thiol groups is 1. The predicted octanol–water partition coefficient (Wildman–Crippen LogP) is 3.74. The van der Waals surface area contributed by atoms with Crippen LogP contribution in [-0.2, 0) is 6.42 Å². The second-order valence-corrected chi connectivity index (χ2v) is 4.40. The zero-order valence-corrected chi connectivity index (χ0v) is 11.1. The molecule has 0 aliphatic rings. The van der Waals surface area contributed by atoms with Crippen LogP contribution in [-0.4, -0.2) is 5.91 Å². The van der Waals surface area contributed by atoms with E-state index in [0.29, 0.717) is 5.56 Å². The van der Waals surface area contributed by atoms with Crippen molar-refractivity contribution in [3.8, 4) is 0 Å². The molecule has 2 nitrogen and oxygen atoms in total. The van der Waals surface area contributed by atoms with E-state index in [-0.39, 0.29) is 5.91 Å². The number of hydrogen-bond acceptors (Lipinski definition) is 2. The Hall–Kier alpha value is -1.74. The summed E-state index contributed by atoms with van der Waals surface area (Å²) >= 11 is 4.27. The first-order valence-electron chi connectivity index (χ1n) is 5.89. The number of amides is 1. The third kappa shape index (κ3) is 2.74. The molecule has 0 unspecified atom stereocenters. The molecule has 0 bridgehead atoms. The van der Waals surface area contributed by atoms with E-state index in [9.17, 15) is 4.79 Å². The van der Waals surface area contributed by atoms with Crippen molar-refractivity contribution in [2.75, 3.05) is 4.31 Å². The number of benzene rings is 2. The Bertz CT molecular complexity index is 522. The maximum absolute atomic E-state index is 12.1. The number of rotatable bonds is 3. The van der Waals surface area contributed by atoms with Gasteiger partial charge in [0.15, 0.2) is 0 Å². The molecule has 0 atom stereocenters. The summed E-state index contributed by atoms with van der Waals surface area (Å²) in [4.78, 5) is 12.1. The van der Waals surface area contributed by atoms with E-state index in [0.717, 1.165) is 12.1 Å². The van der Waals surface area contributed by atoms with Gasteiger partial charge < -0.3 is 0 Å². The first-order chi connectivity index (χ1) is 8.72. The number of carbonyl (C=O) groups excluding carboxylic acids is 1. The first kappa shape index (κ1) is 12.7. The molecule has 0 aliphatic carbocycles. The average molecular weight is 257 g/mol. The molecule has 2 aromatic carbocycles. The molecule has 0 saturated heterocycles. The van der Waals surface area contributed by atoms with E-state index < -0.39 is 0 Å². The summed E-state index contributed by atoms with van der Waals surface area (Å²) < 4.78 is 1.37. The number of carbonyl (C=O) groups is 1. The predicted molar refractivity (Wildman–Crippen MR) is 78.1 cm³/mol. The monoisotopic (exact) mass is 257 g/mol. The van der Waals surface area contributed by atoms with Crippen LogP contribution in [0.5, 0.6) is 0 Å².